The van der Waals surface area contributed by atoms with Crippen molar-refractivity contribution in [2.75, 3.05) is 10.8 Å². The topological polar surface area (TPSA) is 83.8 Å². The van der Waals surface area contributed by atoms with E-state index >= 15 is 0 Å². The van der Waals surface area contributed by atoms with Crippen LogP contribution in [0.2, 0.25) is 10.0 Å². The molecule has 1 N–H and O–H groups in total. The maximum atomic E-state index is 13.4. The van der Waals surface area contributed by atoms with Gasteiger partial charge in [0.1, 0.15) is 6.54 Å². The maximum absolute atomic E-state index is 13.4. The van der Waals surface area contributed by atoms with Gasteiger partial charge < -0.3 is 4.57 Å². The van der Waals surface area contributed by atoms with Crippen molar-refractivity contribution in [2.24, 2.45) is 5.10 Å². The number of aryl methyl sites for hydroxylation is 2. The van der Waals surface area contributed by atoms with Gasteiger partial charge in [0, 0.05) is 22.6 Å². The molecule has 0 saturated carbocycles. The fourth-order valence-electron chi connectivity index (χ4n) is 4.10. The van der Waals surface area contributed by atoms with Crippen LogP contribution in [0.1, 0.15) is 22.5 Å². The normalized spacial score (nSPS) is 11.6. The molecule has 4 rings (SSSR count). The van der Waals surface area contributed by atoms with Gasteiger partial charge in [0.25, 0.3) is 15.9 Å². The van der Waals surface area contributed by atoms with Gasteiger partial charge in [-0.15, -0.1) is 0 Å². The lowest BCUT2D eigenvalue weighted by atomic mass is 10.2. The van der Waals surface area contributed by atoms with Crippen molar-refractivity contribution in [2.45, 2.75) is 25.7 Å². The van der Waals surface area contributed by atoms with Crippen LogP contribution in [0.3, 0.4) is 0 Å². The molecule has 0 unspecified atom stereocenters. The second-order valence-electron chi connectivity index (χ2n) is 8.72. The molecule has 1 heterocycles. The quantitative estimate of drug-likeness (QED) is 0.207. The zero-order chi connectivity index (χ0) is 27.4. The van der Waals surface area contributed by atoms with Crippen LogP contribution in [0, 0.1) is 20.8 Å². The van der Waals surface area contributed by atoms with Crippen LogP contribution in [0.25, 0.3) is 5.69 Å². The number of amides is 1. The lowest BCUT2D eigenvalue weighted by Gasteiger charge is -2.24. The van der Waals surface area contributed by atoms with Crippen molar-refractivity contribution in [3.8, 4) is 5.69 Å². The second kappa shape index (κ2) is 11.4. The van der Waals surface area contributed by atoms with Gasteiger partial charge in [-0.2, -0.15) is 5.10 Å². The number of hydrazone groups is 1. The highest BCUT2D eigenvalue weighted by atomic mass is 35.5. The first-order valence-electron chi connectivity index (χ1n) is 11.7. The maximum Gasteiger partial charge on any atom is 0.264 e. The van der Waals surface area contributed by atoms with Gasteiger partial charge in [-0.3, -0.25) is 9.10 Å². The zero-order valence-corrected chi connectivity index (χ0v) is 23.3. The number of nitrogens with one attached hydrogen (secondary N) is 1. The van der Waals surface area contributed by atoms with E-state index in [4.69, 9.17) is 23.2 Å². The molecule has 0 spiro atoms. The van der Waals surface area contributed by atoms with Gasteiger partial charge >= 0.3 is 0 Å². The van der Waals surface area contributed by atoms with Crippen molar-refractivity contribution in [3.05, 3.63) is 111 Å². The van der Waals surface area contributed by atoms with E-state index in [0.29, 0.717) is 15.7 Å². The Kier molecular flexibility index (Phi) is 8.26. The Morgan fingerprint density at radius 1 is 0.947 bits per heavy atom. The van der Waals surface area contributed by atoms with Crippen LogP contribution in [-0.2, 0) is 14.8 Å². The van der Waals surface area contributed by atoms with Crippen molar-refractivity contribution in [3.63, 3.8) is 0 Å². The summed E-state index contributed by atoms with van der Waals surface area (Å²) in [6.45, 7) is 5.28. The molecule has 1 aromatic heterocycles. The lowest BCUT2D eigenvalue weighted by Crippen LogP contribution is -2.39. The highest BCUT2D eigenvalue weighted by molar-refractivity contribution is 7.92. The lowest BCUT2D eigenvalue weighted by molar-refractivity contribution is -0.119. The van der Waals surface area contributed by atoms with E-state index in [-0.39, 0.29) is 4.90 Å². The average Bonchev–Trinajstić information content (AvgIpc) is 3.17. The Hall–Kier alpha value is -3.59. The largest absolute Gasteiger partial charge is 0.318 e. The average molecular weight is 570 g/mol. The summed E-state index contributed by atoms with van der Waals surface area (Å²) in [6, 6.07) is 22.3. The first-order valence-corrected chi connectivity index (χ1v) is 13.9. The molecular formula is C28H26Cl2N4O3S. The van der Waals surface area contributed by atoms with Crippen molar-refractivity contribution < 1.29 is 13.2 Å². The Balaban J connectivity index is 1.55. The highest BCUT2D eigenvalue weighted by Gasteiger charge is 2.27. The van der Waals surface area contributed by atoms with Gasteiger partial charge in [-0.1, -0.05) is 53.5 Å². The van der Waals surface area contributed by atoms with Crippen LogP contribution < -0.4 is 9.73 Å². The number of halogens is 2. The van der Waals surface area contributed by atoms with Gasteiger partial charge in [0.05, 0.1) is 26.8 Å². The number of sulfonamides is 1. The third-order valence-electron chi connectivity index (χ3n) is 5.93. The predicted molar refractivity (Wildman–Crippen MR) is 153 cm³/mol. The minimum atomic E-state index is -3.99. The van der Waals surface area contributed by atoms with E-state index in [1.54, 1.807) is 48.5 Å². The van der Waals surface area contributed by atoms with Crippen LogP contribution in [-0.4, -0.2) is 31.7 Å². The fraction of sp³-hybridized carbons (Fsp3) is 0.143. The molecule has 0 aliphatic carbocycles. The Morgan fingerprint density at radius 2 is 1.68 bits per heavy atom. The zero-order valence-electron chi connectivity index (χ0n) is 21.0. The summed E-state index contributed by atoms with van der Waals surface area (Å²) in [4.78, 5) is 13.0. The number of hydrogen-bond acceptors (Lipinski definition) is 4. The summed E-state index contributed by atoms with van der Waals surface area (Å²) < 4.78 is 29.9. The van der Waals surface area contributed by atoms with Crippen molar-refractivity contribution >= 4 is 51.0 Å². The number of carbonyl (C=O) groups is 1. The van der Waals surface area contributed by atoms with Crippen molar-refractivity contribution in [1.82, 2.24) is 9.99 Å². The summed E-state index contributed by atoms with van der Waals surface area (Å²) in [5.41, 5.74) is 7.16. The van der Waals surface area contributed by atoms with E-state index in [1.807, 2.05) is 43.5 Å². The molecule has 0 aliphatic heterocycles. The van der Waals surface area contributed by atoms with Gasteiger partial charge in [-0.05, 0) is 74.9 Å². The number of carbonyl (C=O) groups excluding carboxylic acids is 1. The summed E-state index contributed by atoms with van der Waals surface area (Å²) in [7, 11) is -3.99. The number of hydrogen-bond donors (Lipinski definition) is 1. The van der Waals surface area contributed by atoms with E-state index in [2.05, 4.69) is 10.5 Å². The van der Waals surface area contributed by atoms with Crippen LogP contribution >= 0.6 is 23.2 Å². The second-order valence-corrected chi connectivity index (χ2v) is 11.4. The van der Waals surface area contributed by atoms with Gasteiger partial charge in [0.2, 0.25) is 0 Å². The van der Waals surface area contributed by atoms with E-state index < -0.39 is 22.5 Å². The van der Waals surface area contributed by atoms with Crippen LogP contribution in [0.5, 0.6) is 0 Å². The minimum Gasteiger partial charge on any atom is -0.318 e. The molecule has 38 heavy (non-hydrogen) atoms. The SMILES string of the molecule is Cc1cccc(N(CC(=O)N/N=C\c2cc(C)n(-c3ccc(Cl)c(Cl)c3)c2C)S(=O)(=O)c2ccccc2)c1. The standard InChI is InChI=1S/C28H26Cl2N4O3S/c1-19-8-7-9-23(14-19)33(38(36,37)25-10-5-4-6-11-25)18-28(35)32-31-17-22-15-20(2)34(21(22)3)24-12-13-26(29)27(30)16-24/h4-17H,18H2,1-3H3,(H,32,35)/b31-17-. The number of aromatic nitrogens is 1. The smallest absolute Gasteiger partial charge is 0.264 e. The summed E-state index contributed by atoms with van der Waals surface area (Å²) in [5.74, 6) is -0.583. The summed E-state index contributed by atoms with van der Waals surface area (Å²) in [6.07, 6.45) is 1.52. The fourth-order valence-corrected chi connectivity index (χ4v) is 5.82. The molecule has 0 fully saturated rings. The number of benzene rings is 3. The van der Waals surface area contributed by atoms with Crippen LogP contribution in [0.15, 0.2) is 88.9 Å². The molecule has 0 radical (unpaired) electrons. The Morgan fingerprint density at radius 3 is 2.37 bits per heavy atom. The Labute approximate surface area is 232 Å². The van der Waals surface area contributed by atoms with E-state index in [0.717, 1.165) is 32.5 Å². The predicted octanol–water partition coefficient (Wildman–Crippen LogP) is 6.05. The van der Waals surface area contributed by atoms with Crippen molar-refractivity contribution in [1.29, 1.82) is 0 Å². The number of rotatable bonds is 8. The summed E-state index contributed by atoms with van der Waals surface area (Å²) >= 11 is 12.2. The van der Waals surface area contributed by atoms with E-state index in [9.17, 15) is 13.2 Å². The summed E-state index contributed by atoms with van der Waals surface area (Å²) in [5, 5.41) is 5.01. The number of nitrogens with zero attached hydrogens (tertiary/aromatic N) is 3. The molecular weight excluding hydrogens is 543 g/mol. The molecule has 1 amide bonds. The minimum absolute atomic E-state index is 0.0903. The highest BCUT2D eigenvalue weighted by Crippen LogP contribution is 2.27. The molecule has 3 aromatic carbocycles. The third-order valence-corrected chi connectivity index (χ3v) is 8.46. The molecule has 196 valence electrons. The molecule has 0 aliphatic rings. The molecule has 0 atom stereocenters. The van der Waals surface area contributed by atoms with E-state index in [1.165, 1.54) is 18.3 Å². The third kappa shape index (κ3) is 5.93. The monoisotopic (exact) mass is 568 g/mol. The number of anilines is 1. The molecule has 0 saturated heterocycles. The molecule has 0 bridgehead atoms. The first kappa shape index (κ1) is 27.4. The molecule has 4 aromatic rings. The first-order chi connectivity index (χ1) is 18.1. The van der Waals surface area contributed by atoms with Gasteiger partial charge in [-0.25, -0.2) is 13.8 Å². The molecule has 7 nitrogen and oxygen atoms in total. The molecule has 10 heteroatoms. The Bertz CT molecular complexity index is 1620. The van der Waals surface area contributed by atoms with Crippen LogP contribution in [0.4, 0.5) is 5.69 Å². The van der Waals surface area contributed by atoms with Gasteiger partial charge in [0.15, 0.2) is 0 Å².